The molecule has 1 saturated heterocycles. The number of carbonyl (C=O) groups is 2. The first kappa shape index (κ1) is 15.3. The molecule has 1 N–H and O–H groups in total. The molecule has 0 aromatic heterocycles. The average molecular weight is 287 g/mol. The Kier molecular flexibility index (Phi) is 4.46. The van der Waals surface area contributed by atoms with Gasteiger partial charge in [0, 0.05) is 13.1 Å². The van der Waals surface area contributed by atoms with Crippen LogP contribution in [0.2, 0.25) is 0 Å². The predicted molar refractivity (Wildman–Crippen MR) is 80.8 cm³/mol. The Balaban J connectivity index is 2.06. The monoisotopic (exact) mass is 287 g/mol. The summed E-state index contributed by atoms with van der Waals surface area (Å²) in [5.41, 5.74) is 0.913. The molecular formula is C17H21NO3. The molecule has 1 amide bonds. The van der Waals surface area contributed by atoms with E-state index in [9.17, 15) is 9.59 Å². The highest BCUT2D eigenvalue weighted by Crippen LogP contribution is 2.41. The maximum absolute atomic E-state index is 12.6. The number of hydrogen-bond acceptors (Lipinski definition) is 2. The van der Waals surface area contributed by atoms with Crippen molar-refractivity contribution < 1.29 is 14.7 Å². The minimum absolute atomic E-state index is 0.0895. The minimum atomic E-state index is -0.948. The van der Waals surface area contributed by atoms with E-state index in [-0.39, 0.29) is 12.3 Å². The zero-order valence-corrected chi connectivity index (χ0v) is 12.3. The van der Waals surface area contributed by atoms with Gasteiger partial charge in [-0.3, -0.25) is 9.59 Å². The van der Waals surface area contributed by atoms with Gasteiger partial charge in [0.2, 0.25) is 5.91 Å². The van der Waals surface area contributed by atoms with Gasteiger partial charge in [0.15, 0.2) is 0 Å². The zero-order chi connectivity index (χ0) is 15.5. The first-order chi connectivity index (χ1) is 9.95. The molecule has 0 saturated carbocycles. The van der Waals surface area contributed by atoms with Crippen LogP contribution < -0.4 is 0 Å². The van der Waals surface area contributed by atoms with Gasteiger partial charge in [-0.1, -0.05) is 42.5 Å². The summed E-state index contributed by atoms with van der Waals surface area (Å²) in [5.74, 6) is -1.04. The van der Waals surface area contributed by atoms with E-state index < -0.39 is 11.4 Å². The Bertz CT molecular complexity index is 552. The molecule has 0 spiro atoms. The number of carboxylic acid groups (broad SMARTS) is 1. The van der Waals surface area contributed by atoms with E-state index in [4.69, 9.17) is 5.11 Å². The summed E-state index contributed by atoms with van der Waals surface area (Å²) in [6.07, 6.45) is 1.16. The SMILES string of the molecule is C=C(C)C1(CC(=O)O)CCN(CCc2ccccc2)C1=O. The largest absolute Gasteiger partial charge is 0.481 e. The Labute approximate surface area is 125 Å². The number of amides is 1. The third kappa shape index (κ3) is 3.15. The lowest BCUT2D eigenvalue weighted by Crippen LogP contribution is -2.37. The van der Waals surface area contributed by atoms with Crippen molar-refractivity contribution in [2.75, 3.05) is 13.1 Å². The molecule has 1 aliphatic heterocycles. The second-order valence-electron chi connectivity index (χ2n) is 5.71. The van der Waals surface area contributed by atoms with E-state index in [2.05, 4.69) is 6.58 Å². The van der Waals surface area contributed by atoms with E-state index in [1.165, 1.54) is 5.56 Å². The number of carbonyl (C=O) groups excluding carboxylic acids is 1. The molecule has 1 aliphatic rings. The van der Waals surface area contributed by atoms with Gasteiger partial charge < -0.3 is 10.0 Å². The van der Waals surface area contributed by atoms with Gasteiger partial charge in [0.05, 0.1) is 11.8 Å². The van der Waals surface area contributed by atoms with E-state index in [1.807, 2.05) is 30.3 Å². The van der Waals surface area contributed by atoms with Gasteiger partial charge >= 0.3 is 5.97 Å². The Hall–Kier alpha value is -2.10. The van der Waals surface area contributed by atoms with Gasteiger partial charge in [-0.15, -0.1) is 0 Å². The summed E-state index contributed by atoms with van der Waals surface area (Å²) in [4.78, 5) is 25.5. The molecule has 0 bridgehead atoms. The second-order valence-corrected chi connectivity index (χ2v) is 5.71. The van der Waals surface area contributed by atoms with Gasteiger partial charge in [0.1, 0.15) is 0 Å². The molecule has 0 radical (unpaired) electrons. The molecule has 1 aromatic carbocycles. The normalized spacial score (nSPS) is 21.6. The van der Waals surface area contributed by atoms with Gasteiger partial charge in [-0.2, -0.15) is 0 Å². The number of nitrogens with zero attached hydrogens (tertiary/aromatic N) is 1. The van der Waals surface area contributed by atoms with Crippen molar-refractivity contribution in [3.8, 4) is 0 Å². The summed E-state index contributed by atoms with van der Waals surface area (Å²) in [7, 11) is 0. The number of hydrogen-bond donors (Lipinski definition) is 1. The van der Waals surface area contributed by atoms with E-state index in [0.29, 0.717) is 25.1 Å². The molecule has 21 heavy (non-hydrogen) atoms. The Morgan fingerprint density at radius 2 is 2.05 bits per heavy atom. The molecule has 1 aromatic rings. The first-order valence-corrected chi connectivity index (χ1v) is 7.17. The fourth-order valence-corrected chi connectivity index (χ4v) is 2.93. The van der Waals surface area contributed by atoms with Gasteiger partial charge in [0.25, 0.3) is 0 Å². The summed E-state index contributed by atoms with van der Waals surface area (Å²) in [5, 5.41) is 9.09. The molecule has 4 heteroatoms. The summed E-state index contributed by atoms with van der Waals surface area (Å²) < 4.78 is 0. The maximum atomic E-state index is 12.6. The van der Waals surface area contributed by atoms with Crippen LogP contribution >= 0.6 is 0 Å². The van der Waals surface area contributed by atoms with Crippen LogP contribution in [0.4, 0.5) is 0 Å². The molecule has 4 nitrogen and oxygen atoms in total. The predicted octanol–water partition coefficient (Wildman–Crippen LogP) is 2.50. The summed E-state index contributed by atoms with van der Waals surface area (Å²) in [6.45, 7) is 6.83. The van der Waals surface area contributed by atoms with Crippen molar-refractivity contribution in [1.29, 1.82) is 0 Å². The fourth-order valence-electron chi connectivity index (χ4n) is 2.93. The Morgan fingerprint density at radius 3 is 2.62 bits per heavy atom. The molecule has 1 fully saturated rings. The van der Waals surface area contributed by atoms with Crippen molar-refractivity contribution in [1.82, 2.24) is 4.90 Å². The second kappa shape index (κ2) is 6.12. The van der Waals surface area contributed by atoms with Crippen molar-refractivity contribution in [3.63, 3.8) is 0 Å². The smallest absolute Gasteiger partial charge is 0.304 e. The Morgan fingerprint density at radius 1 is 1.38 bits per heavy atom. The van der Waals surface area contributed by atoms with Crippen LogP contribution in [-0.4, -0.2) is 35.0 Å². The van der Waals surface area contributed by atoms with Crippen molar-refractivity contribution in [3.05, 3.63) is 48.0 Å². The van der Waals surface area contributed by atoms with Crippen LogP contribution in [-0.2, 0) is 16.0 Å². The molecule has 1 heterocycles. The van der Waals surface area contributed by atoms with Crippen LogP contribution in [0, 0.1) is 5.41 Å². The quantitative estimate of drug-likeness (QED) is 0.818. The number of likely N-dealkylation sites (tertiary alicyclic amines) is 1. The lowest BCUT2D eigenvalue weighted by atomic mass is 9.77. The molecular weight excluding hydrogens is 266 g/mol. The van der Waals surface area contributed by atoms with Crippen LogP contribution in [0.15, 0.2) is 42.5 Å². The van der Waals surface area contributed by atoms with Crippen LogP contribution in [0.25, 0.3) is 0 Å². The topological polar surface area (TPSA) is 57.6 Å². The third-order valence-corrected chi connectivity index (χ3v) is 4.29. The maximum Gasteiger partial charge on any atom is 0.304 e. The van der Waals surface area contributed by atoms with Crippen molar-refractivity contribution in [2.24, 2.45) is 5.41 Å². The van der Waals surface area contributed by atoms with Gasteiger partial charge in [-0.05, 0) is 25.3 Å². The highest BCUT2D eigenvalue weighted by Gasteiger charge is 2.48. The number of carboxylic acids is 1. The average Bonchev–Trinajstić information content (AvgIpc) is 2.75. The fraction of sp³-hybridized carbons (Fsp3) is 0.412. The van der Waals surface area contributed by atoms with Crippen LogP contribution in [0.1, 0.15) is 25.3 Å². The van der Waals surface area contributed by atoms with Crippen LogP contribution in [0.5, 0.6) is 0 Å². The standard InChI is InChI=1S/C17H21NO3/c1-13(2)17(12-15(19)20)9-11-18(16(17)21)10-8-14-6-4-3-5-7-14/h3-7H,1,8-12H2,2H3,(H,19,20). The number of benzene rings is 1. The molecule has 1 unspecified atom stereocenters. The van der Waals surface area contributed by atoms with E-state index >= 15 is 0 Å². The molecule has 0 aliphatic carbocycles. The van der Waals surface area contributed by atoms with Gasteiger partial charge in [-0.25, -0.2) is 0 Å². The molecule has 1 atom stereocenters. The highest BCUT2D eigenvalue weighted by atomic mass is 16.4. The lowest BCUT2D eigenvalue weighted by Gasteiger charge is -2.26. The molecule has 2 rings (SSSR count). The summed E-state index contributed by atoms with van der Waals surface area (Å²) >= 11 is 0. The van der Waals surface area contributed by atoms with Crippen molar-refractivity contribution in [2.45, 2.75) is 26.2 Å². The minimum Gasteiger partial charge on any atom is -0.481 e. The number of rotatable bonds is 6. The van der Waals surface area contributed by atoms with E-state index in [0.717, 1.165) is 6.42 Å². The molecule has 112 valence electrons. The lowest BCUT2D eigenvalue weighted by molar-refractivity contribution is -0.145. The van der Waals surface area contributed by atoms with Crippen LogP contribution in [0.3, 0.4) is 0 Å². The summed E-state index contributed by atoms with van der Waals surface area (Å²) in [6, 6.07) is 9.98. The van der Waals surface area contributed by atoms with Crippen molar-refractivity contribution >= 4 is 11.9 Å². The highest BCUT2D eigenvalue weighted by molar-refractivity contribution is 5.91. The number of aliphatic carboxylic acids is 1. The third-order valence-electron chi connectivity index (χ3n) is 4.29. The zero-order valence-electron chi connectivity index (χ0n) is 12.3. The van der Waals surface area contributed by atoms with E-state index in [1.54, 1.807) is 11.8 Å². The first-order valence-electron chi connectivity index (χ1n) is 7.17.